The molecule has 0 saturated carbocycles. The summed E-state index contributed by atoms with van der Waals surface area (Å²) in [6.45, 7) is 2.12. The molecule has 138 valence electrons. The van der Waals surface area contributed by atoms with Crippen LogP contribution in [0.2, 0.25) is 0 Å². The van der Waals surface area contributed by atoms with E-state index in [1.165, 1.54) is 10.4 Å². The van der Waals surface area contributed by atoms with Crippen molar-refractivity contribution in [3.05, 3.63) is 35.1 Å². The number of benzene rings is 1. The normalized spacial score (nSPS) is 19.4. The van der Waals surface area contributed by atoms with E-state index >= 15 is 0 Å². The Morgan fingerprint density at radius 1 is 1.33 bits per heavy atom. The zero-order chi connectivity index (χ0) is 18.6. The fourth-order valence-corrected chi connectivity index (χ4v) is 5.15. The third-order valence-electron chi connectivity index (χ3n) is 5.19. The molecule has 1 aliphatic carbocycles. The van der Waals surface area contributed by atoms with Crippen LogP contribution < -0.4 is 15.8 Å². The van der Waals surface area contributed by atoms with Crippen molar-refractivity contribution < 1.29 is 4.74 Å². The maximum Gasteiger partial charge on any atom is 0.144 e. The highest BCUT2D eigenvalue weighted by Crippen LogP contribution is 2.41. The molecule has 0 saturated heterocycles. The van der Waals surface area contributed by atoms with Crippen molar-refractivity contribution in [2.24, 2.45) is 5.73 Å². The second kappa shape index (κ2) is 5.90. The molecule has 7 nitrogen and oxygen atoms in total. The maximum absolute atomic E-state index is 6.39. The van der Waals surface area contributed by atoms with E-state index in [2.05, 4.69) is 32.4 Å². The summed E-state index contributed by atoms with van der Waals surface area (Å²) in [6.07, 6.45) is 6.20. The number of anilines is 2. The van der Waals surface area contributed by atoms with Gasteiger partial charge in [-0.2, -0.15) is 5.10 Å². The minimum Gasteiger partial charge on any atom is -0.494 e. The largest absolute Gasteiger partial charge is 0.494 e. The van der Waals surface area contributed by atoms with E-state index in [4.69, 9.17) is 10.5 Å². The van der Waals surface area contributed by atoms with Crippen molar-refractivity contribution in [1.29, 1.82) is 0 Å². The van der Waals surface area contributed by atoms with Crippen molar-refractivity contribution in [3.63, 3.8) is 0 Å². The molecular formula is C19H20N6OS. The third kappa shape index (κ3) is 2.72. The van der Waals surface area contributed by atoms with E-state index < -0.39 is 0 Å². The zero-order valence-corrected chi connectivity index (χ0v) is 16.0. The first-order chi connectivity index (χ1) is 13.0. The van der Waals surface area contributed by atoms with Gasteiger partial charge in [0, 0.05) is 21.9 Å². The summed E-state index contributed by atoms with van der Waals surface area (Å²) in [5, 5.41) is 12.6. The molecular weight excluding hydrogens is 360 g/mol. The summed E-state index contributed by atoms with van der Waals surface area (Å²) >= 11 is 1.72. The number of H-pyrrole nitrogens is 1. The topological polar surface area (TPSA) is 102 Å². The standard InChI is InChI=1S/C19H20N6OS/c1-19(20)4-3-11-15(7-19)27-18-16(11)17(21-9-22-18)24-13-5-10-8-23-25-12(10)6-14(13)26-2/h5-6,8-9H,3-4,7,20H2,1-2H3,(H,23,25)(H,21,22,24). The summed E-state index contributed by atoms with van der Waals surface area (Å²) in [4.78, 5) is 11.4. The van der Waals surface area contributed by atoms with Gasteiger partial charge in [0.25, 0.3) is 0 Å². The minimum absolute atomic E-state index is 0.148. The first-order valence-electron chi connectivity index (χ1n) is 8.86. The van der Waals surface area contributed by atoms with Crippen molar-refractivity contribution in [3.8, 4) is 5.75 Å². The second-order valence-electron chi connectivity index (χ2n) is 7.37. The molecule has 0 fully saturated rings. The molecule has 3 aromatic heterocycles. The molecule has 0 spiro atoms. The van der Waals surface area contributed by atoms with Crippen molar-refractivity contribution in [2.75, 3.05) is 12.4 Å². The number of fused-ring (bicyclic) bond motifs is 4. The number of nitrogens with zero attached hydrogens (tertiary/aromatic N) is 3. The molecule has 5 rings (SSSR count). The Morgan fingerprint density at radius 3 is 3.07 bits per heavy atom. The predicted molar refractivity (Wildman–Crippen MR) is 108 cm³/mol. The summed E-state index contributed by atoms with van der Waals surface area (Å²) in [6, 6.07) is 3.95. The molecule has 8 heteroatoms. The molecule has 4 N–H and O–H groups in total. The zero-order valence-electron chi connectivity index (χ0n) is 15.2. The highest BCUT2D eigenvalue weighted by molar-refractivity contribution is 7.19. The number of thiophene rings is 1. The first-order valence-corrected chi connectivity index (χ1v) is 9.68. The molecule has 3 heterocycles. The number of hydrogen-bond acceptors (Lipinski definition) is 7. The summed E-state index contributed by atoms with van der Waals surface area (Å²) in [7, 11) is 1.66. The van der Waals surface area contributed by atoms with Crippen molar-refractivity contribution in [2.45, 2.75) is 31.7 Å². The molecule has 27 heavy (non-hydrogen) atoms. The maximum atomic E-state index is 6.39. The number of aromatic nitrogens is 4. The van der Waals surface area contributed by atoms with Gasteiger partial charge in [-0.05, 0) is 37.8 Å². The van der Waals surface area contributed by atoms with Gasteiger partial charge in [0.2, 0.25) is 0 Å². The molecule has 1 atom stereocenters. The van der Waals surface area contributed by atoms with Gasteiger partial charge in [-0.15, -0.1) is 11.3 Å². The summed E-state index contributed by atoms with van der Waals surface area (Å²) in [5.41, 5.74) is 9.34. The molecule has 1 unspecified atom stereocenters. The summed E-state index contributed by atoms with van der Waals surface area (Å²) < 4.78 is 5.56. The van der Waals surface area contributed by atoms with Gasteiger partial charge >= 0.3 is 0 Å². The number of nitrogens with one attached hydrogen (secondary N) is 2. The summed E-state index contributed by atoms with van der Waals surface area (Å²) in [5.74, 6) is 1.54. The number of rotatable bonds is 3. The van der Waals surface area contributed by atoms with Gasteiger partial charge < -0.3 is 15.8 Å². The Bertz CT molecular complexity index is 1160. The van der Waals surface area contributed by atoms with Crippen molar-refractivity contribution in [1.82, 2.24) is 20.2 Å². The first kappa shape index (κ1) is 16.5. The SMILES string of the molecule is COc1cc2[nH]ncc2cc1Nc1ncnc2sc3c(c12)CCC(C)(N)C3. The van der Waals surface area contributed by atoms with Crippen molar-refractivity contribution >= 4 is 44.0 Å². The Labute approximate surface area is 160 Å². The van der Waals surface area contributed by atoms with Crippen LogP contribution in [0.1, 0.15) is 23.8 Å². The number of aromatic amines is 1. The molecule has 1 aliphatic rings. The Hall–Kier alpha value is -2.71. The van der Waals surface area contributed by atoms with Crippen LogP contribution in [0.4, 0.5) is 11.5 Å². The second-order valence-corrected chi connectivity index (χ2v) is 8.46. The molecule has 0 radical (unpaired) electrons. The predicted octanol–water partition coefficient (Wildman–Crippen LogP) is 3.53. The van der Waals surface area contributed by atoms with Gasteiger partial charge in [-0.1, -0.05) is 0 Å². The average molecular weight is 380 g/mol. The van der Waals surface area contributed by atoms with Crippen LogP contribution in [0.25, 0.3) is 21.1 Å². The van der Waals surface area contributed by atoms with Crippen LogP contribution in [0, 0.1) is 0 Å². The van der Waals surface area contributed by atoms with Crippen LogP contribution in [-0.2, 0) is 12.8 Å². The number of nitrogens with two attached hydrogens (primary N) is 1. The van der Waals surface area contributed by atoms with Gasteiger partial charge in [0.15, 0.2) is 0 Å². The van der Waals surface area contributed by atoms with E-state index in [-0.39, 0.29) is 5.54 Å². The molecule has 0 bridgehead atoms. The third-order valence-corrected chi connectivity index (χ3v) is 6.33. The lowest BCUT2D eigenvalue weighted by Gasteiger charge is -2.29. The fraction of sp³-hybridized carbons (Fsp3) is 0.316. The Kier molecular flexibility index (Phi) is 3.60. The van der Waals surface area contributed by atoms with E-state index in [9.17, 15) is 0 Å². The molecule has 1 aromatic carbocycles. The smallest absolute Gasteiger partial charge is 0.144 e. The van der Waals surface area contributed by atoms with Crippen LogP contribution in [0.5, 0.6) is 5.75 Å². The van der Waals surface area contributed by atoms with Crippen LogP contribution in [-0.4, -0.2) is 32.8 Å². The van der Waals surface area contributed by atoms with E-state index in [1.807, 2.05) is 12.1 Å². The molecule has 0 amide bonds. The number of methoxy groups -OCH3 is 1. The van der Waals surface area contributed by atoms with Gasteiger partial charge in [0.05, 0.1) is 29.9 Å². The van der Waals surface area contributed by atoms with Crippen LogP contribution >= 0.6 is 11.3 Å². The minimum atomic E-state index is -0.148. The quantitative estimate of drug-likeness (QED) is 0.503. The van der Waals surface area contributed by atoms with E-state index in [0.29, 0.717) is 0 Å². The fourth-order valence-electron chi connectivity index (χ4n) is 3.77. The van der Waals surface area contributed by atoms with E-state index in [0.717, 1.165) is 57.6 Å². The number of ether oxygens (including phenoxy) is 1. The lowest BCUT2D eigenvalue weighted by atomic mass is 9.83. The van der Waals surface area contributed by atoms with Crippen LogP contribution in [0.3, 0.4) is 0 Å². The lowest BCUT2D eigenvalue weighted by molar-refractivity contribution is 0.414. The molecule has 0 aliphatic heterocycles. The number of hydrogen-bond donors (Lipinski definition) is 3. The molecule has 4 aromatic rings. The highest BCUT2D eigenvalue weighted by Gasteiger charge is 2.30. The monoisotopic (exact) mass is 380 g/mol. The highest BCUT2D eigenvalue weighted by atomic mass is 32.1. The number of aryl methyl sites for hydroxylation is 1. The average Bonchev–Trinajstić information content (AvgIpc) is 3.23. The Balaban J connectivity index is 1.63. The van der Waals surface area contributed by atoms with E-state index in [1.54, 1.807) is 31.0 Å². The van der Waals surface area contributed by atoms with Gasteiger partial charge in [-0.3, -0.25) is 5.10 Å². The van der Waals surface area contributed by atoms with Gasteiger partial charge in [0.1, 0.15) is 22.7 Å². The van der Waals surface area contributed by atoms with Crippen LogP contribution in [0.15, 0.2) is 24.7 Å². The Morgan fingerprint density at radius 2 is 2.22 bits per heavy atom. The lowest BCUT2D eigenvalue weighted by Crippen LogP contribution is -2.41. The van der Waals surface area contributed by atoms with Gasteiger partial charge in [-0.25, -0.2) is 9.97 Å².